The molecule has 1 aliphatic heterocycles. The lowest BCUT2D eigenvalue weighted by Gasteiger charge is -2.22. The van der Waals surface area contributed by atoms with Crippen molar-refractivity contribution in [1.82, 2.24) is 15.2 Å². The van der Waals surface area contributed by atoms with Gasteiger partial charge in [0, 0.05) is 6.04 Å². The van der Waals surface area contributed by atoms with Gasteiger partial charge in [-0.25, -0.2) is 9.89 Å². The normalized spacial score (nSPS) is 33.8. The van der Waals surface area contributed by atoms with Gasteiger partial charge in [0.25, 0.3) is 0 Å². The van der Waals surface area contributed by atoms with Crippen LogP contribution in [0.2, 0.25) is 0 Å². The standard InChI is InChI=1S/C7H12N4O2/c1-7(3-13-2-4(7)8)5-9-6(12)11-10-5/h4H,2-3,8H2,1H3,(H2,9,10,11,12). The average molecular weight is 184 g/mol. The zero-order valence-corrected chi connectivity index (χ0v) is 7.33. The highest BCUT2D eigenvalue weighted by atomic mass is 16.5. The fourth-order valence-corrected chi connectivity index (χ4v) is 1.47. The van der Waals surface area contributed by atoms with Crippen LogP contribution in [-0.2, 0) is 10.2 Å². The molecule has 2 atom stereocenters. The Bertz CT molecular complexity index is 357. The lowest BCUT2D eigenvalue weighted by Crippen LogP contribution is -2.42. The number of nitrogens with one attached hydrogen (secondary N) is 2. The van der Waals surface area contributed by atoms with E-state index in [1.165, 1.54) is 0 Å². The van der Waals surface area contributed by atoms with Crippen molar-refractivity contribution >= 4 is 0 Å². The number of hydrogen-bond acceptors (Lipinski definition) is 4. The van der Waals surface area contributed by atoms with E-state index in [2.05, 4.69) is 15.2 Å². The summed E-state index contributed by atoms with van der Waals surface area (Å²) < 4.78 is 5.24. The predicted molar refractivity (Wildman–Crippen MR) is 45.4 cm³/mol. The Morgan fingerprint density at radius 2 is 2.54 bits per heavy atom. The van der Waals surface area contributed by atoms with Crippen molar-refractivity contribution in [3.8, 4) is 0 Å². The maximum Gasteiger partial charge on any atom is 0.340 e. The van der Waals surface area contributed by atoms with Crippen LogP contribution in [0.5, 0.6) is 0 Å². The van der Waals surface area contributed by atoms with Crippen LogP contribution in [0.3, 0.4) is 0 Å². The molecule has 72 valence electrons. The van der Waals surface area contributed by atoms with Crippen molar-refractivity contribution in [3.05, 3.63) is 16.3 Å². The number of aromatic amines is 2. The van der Waals surface area contributed by atoms with Crippen molar-refractivity contribution in [3.63, 3.8) is 0 Å². The number of nitrogens with two attached hydrogens (primary N) is 1. The van der Waals surface area contributed by atoms with Crippen molar-refractivity contribution < 1.29 is 4.74 Å². The molecule has 6 heteroatoms. The van der Waals surface area contributed by atoms with Crippen LogP contribution in [-0.4, -0.2) is 34.4 Å². The second-order valence-corrected chi connectivity index (χ2v) is 3.57. The zero-order chi connectivity index (χ0) is 9.47. The first kappa shape index (κ1) is 8.46. The first-order chi connectivity index (χ1) is 6.13. The van der Waals surface area contributed by atoms with E-state index in [0.29, 0.717) is 19.0 Å². The fraction of sp³-hybridized carbons (Fsp3) is 0.714. The van der Waals surface area contributed by atoms with E-state index in [1.807, 2.05) is 6.92 Å². The number of aromatic nitrogens is 3. The Morgan fingerprint density at radius 1 is 1.77 bits per heavy atom. The van der Waals surface area contributed by atoms with E-state index < -0.39 is 0 Å². The van der Waals surface area contributed by atoms with E-state index >= 15 is 0 Å². The van der Waals surface area contributed by atoms with Crippen molar-refractivity contribution in [2.24, 2.45) is 5.73 Å². The Balaban J connectivity index is 2.39. The van der Waals surface area contributed by atoms with Gasteiger partial charge >= 0.3 is 5.69 Å². The van der Waals surface area contributed by atoms with Gasteiger partial charge in [0.05, 0.1) is 18.6 Å². The number of hydrogen-bond donors (Lipinski definition) is 3. The Labute approximate surface area is 74.5 Å². The van der Waals surface area contributed by atoms with Crippen molar-refractivity contribution in [1.29, 1.82) is 0 Å². The Kier molecular flexibility index (Phi) is 1.74. The van der Waals surface area contributed by atoms with E-state index in [9.17, 15) is 4.79 Å². The summed E-state index contributed by atoms with van der Waals surface area (Å²) >= 11 is 0. The van der Waals surface area contributed by atoms with Crippen LogP contribution in [0.15, 0.2) is 4.79 Å². The maximum absolute atomic E-state index is 10.8. The van der Waals surface area contributed by atoms with E-state index in [-0.39, 0.29) is 17.1 Å². The molecule has 0 spiro atoms. The topological polar surface area (TPSA) is 96.8 Å². The highest BCUT2D eigenvalue weighted by Gasteiger charge is 2.41. The zero-order valence-electron chi connectivity index (χ0n) is 7.33. The Hall–Kier alpha value is -1.14. The largest absolute Gasteiger partial charge is 0.379 e. The van der Waals surface area contributed by atoms with Crippen LogP contribution in [0, 0.1) is 0 Å². The first-order valence-corrected chi connectivity index (χ1v) is 4.11. The maximum atomic E-state index is 10.8. The van der Waals surface area contributed by atoms with Gasteiger partial charge in [0.1, 0.15) is 5.82 Å². The summed E-state index contributed by atoms with van der Waals surface area (Å²) in [7, 11) is 0. The molecular weight excluding hydrogens is 172 g/mol. The molecule has 0 saturated carbocycles. The smallest absolute Gasteiger partial charge is 0.340 e. The van der Waals surface area contributed by atoms with Gasteiger partial charge in [-0.1, -0.05) is 0 Å². The molecule has 1 fully saturated rings. The van der Waals surface area contributed by atoms with E-state index in [4.69, 9.17) is 10.5 Å². The van der Waals surface area contributed by atoms with Gasteiger partial charge in [-0.05, 0) is 6.92 Å². The van der Waals surface area contributed by atoms with E-state index in [1.54, 1.807) is 0 Å². The van der Waals surface area contributed by atoms with Crippen molar-refractivity contribution in [2.75, 3.05) is 13.2 Å². The number of H-pyrrole nitrogens is 2. The molecule has 0 radical (unpaired) electrons. The Morgan fingerprint density at radius 3 is 3.00 bits per heavy atom. The van der Waals surface area contributed by atoms with Crippen LogP contribution in [0.4, 0.5) is 0 Å². The summed E-state index contributed by atoms with van der Waals surface area (Å²) in [6.07, 6.45) is 0. The highest BCUT2D eigenvalue weighted by Crippen LogP contribution is 2.28. The van der Waals surface area contributed by atoms with Crippen LogP contribution in [0.25, 0.3) is 0 Å². The second kappa shape index (κ2) is 2.68. The number of nitrogens with zero attached hydrogens (tertiary/aromatic N) is 1. The fourth-order valence-electron chi connectivity index (χ4n) is 1.47. The molecule has 2 unspecified atom stereocenters. The number of ether oxygens (including phenoxy) is 1. The average Bonchev–Trinajstić information content (AvgIpc) is 2.62. The lowest BCUT2D eigenvalue weighted by atomic mass is 9.85. The molecule has 0 amide bonds. The minimum atomic E-state index is -0.376. The van der Waals surface area contributed by atoms with Crippen LogP contribution >= 0.6 is 0 Å². The quantitative estimate of drug-likeness (QED) is 0.506. The molecule has 13 heavy (non-hydrogen) atoms. The van der Waals surface area contributed by atoms with Crippen LogP contribution < -0.4 is 11.4 Å². The summed E-state index contributed by atoms with van der Waals surface area (Å²) in [5, 5.41) is 6.19. The lowest BCUT2D eigenvalue weighted by molar-refractivity contribution is 0.178. The summed E-state index contributed by atoms with van der Waals surface area (Å²) in [6, 6.07) is -0.119. The third kappa shape index (κ3) is 1.18. The molecule has 2 heterocycles. The van der Waals surface area contributed by atoms with Crippen LogP contribution in [0.1, 0.15) is 12.7 Å². The molecule has 4 N–H and O–H groups in total. The van der Waals surface area contributed by atoms with Crippen molar-refractivity contribution in [2.45, 2.75) is 18.4 Å². The third-order valence-electron chi connectivity index (χ3n) is 2.56. The minimum Gasteiger partial charge on any atom is -0.379 e. The molecular formula is C7H12N4O2. The van der Waals surface area contributed by atoms with Gasteiger partial charge in [-0.3, -0.25) is 4.98 Å². The summed E-state index contributed by atoms with van der Waals surface area (Å²) in [5.74, 6) is 0.572. The van der Waals surface area contributed by atoms with Gasteiger partial charge < -0.3 is 10.5 Å². The third-order valence-corrected chi connectivity index (χ3v) is 2.56. The van der Waals surface area contributed by atoms with Gasteiger partial charge in [-0.15, -0.1) is 0 Å². The van der Waals surface area contributed by atoms with E-state index in [0.717, 1.165) is 0 Å². The van der Waals surface area contributed by atoms with Gasteiger partial charge in [0.2, 0.25) is 0 Å². The SMILES string of the molecule is CC1(c2n[nH]c(=O)[nH]2)COCC1N. The molecule has 1 aromatic heterocycles. The van der Waals surface area contributed by atoms with Gasteiger partial charge in [-0.2, -0.15) is 5.10 Å². The second-order valence-electron chi connectivity index (χ2n) is 3.57. The highest BCUT2D eigenvalue weighted by molar-refractivity contribution is 5.12. The molecule has 0 aliphatic carbocycles. The molecule has 0 bridgehead atoms. The van der Waals surface area contributed by atoms with Gasteiger partial charge in [0.15, 0.2) is 0 Å². The molecule has 2 rings (SSSR count). The monoisotopic (exact) mass is 184 g/mol. The molecule has 0 aromatic carbocycles. The molecule has 1 aromatic rings. The summed E-state index contributed by atoms with van der Waals surface area (Å²) in [6.45, 7) is 2.93. The molecule has 6 nitrogen and oxygen atoms in total. The predicted octanol–water partition coefficient (Wildman–Crippen LogP) is -1.29. The minimum absolute atomic E-state index is 0.119. The molecule has 1 aliphatic rings. The molecule has 1 saturated heterocycles. The summed E-state index contributed by atoms with van der Waals surface area (Å²) in [4.78, 5) is 13.4. The first-order valence-electron chi connectivity index (χ1n) is 4.11. The summed E-state index contributed by atoms with van der Waals surface area (Å²) in [5.41, 5.74) is 5.17. The number of rotatable bonds is 1.